The van der Waals surface area contributed by atoms with Crippen molar-refractivity contribution in [2.45, 2.75) is 40.5 Å². The third-order valence-electron chi connectivity index (χ3n) is 2.70. The standard InChI is InChI=1S/C11H26N2O2S/c1-5-7-12-8-9-16(14,15)13-10-11(3,4)6-2/h12-13H,5-10H2,1-4H3. The highest BCUT2D eigenvalue weighted by Crippen LogP contribution is 2.17. The Labute approximate surface area is 100 Å². The van der Waals surface area contributed by atoms with Crippen LogP contribution >= 0.6 is 0 Å². The second-order valence-corrected chi connectivity index (χ2v) is 6.83. The maximum atomic E-state index is 11.6. The molecule has 0 atom stereocenters. The minimum absolute atomic E-state index is 0.0317. The lowest BCUT2D eigenvalue weighted by atomic mass is 9.91. The Hall–Kier alpha value is -0.130. The van der Waals surface area contributed by atoms with Crippen LogP contribution in [0, 0.1) is 5.41 Å². The molecule has 0 spiro atoms. The van der Waals surface area contributed by atoms with Gasteiger partial charge in [0.15, 0.2) is 0 Å². The molecule has 0 aromatic heterocycles. The summed E-state index contributed by atoms with van der Waals surface area (Å²) in [7, 11) is -3.12. The number of nitrogens with one attached hydrogen (secondary N) is 2. The SMILES string of the molecule is CCCNCCS(=O)(=O)NCC(C)(C)CC. The van der Waals surface area contributed by atoms with E-state index < -0.39 is 10.0 Å². The lowest BCUT2D eigenvalue weighted by Gasteiger charge is -2.22. The van der Waals surface area contributed by atoms with Crippen molar-refractivity contribution in [3.05, 3.63) is 0 Å². The first-order valence-electron chi connectivity index (χ1n) is 6.01. The predicted molar refractivity (Wildman–Crippen MR) is 69.0 cm³/mol. The van der Waals surface area contributed by atoms with Gasteiger partial charge in [-0.2, -0.15) is 0 Å². The van der Waals surface area contributed by atoms with E-state index >= 15 is 0 Å². The zero-order valence-electron chi connectivity index (χ0n) is 11.0. The normalized spacial score (nSPS) is 13.0. The molecule has 5 heteroatoms. The Balaban J connectivity index is 3.88. The minimum atomic E-state index is -3.12. The molecule has 98 valence electrons. The lowest BCUT2D eigenvalue weighted by molar-refractivity contribution is 0.350. The van der Waals surface area contributed by atoms with E-state index in [1.54, 1.807) is 0 Å². The maximum Gasteiger partial charge on any atom is 0.212 e. The average Bonchev–Trinajstić information content (AvgIpc) is 2.22. The topological polar surface area (TPSA) is 58.2 Å². The Bertz CT molecular complexity index is 274. The van der Waals surface area contributed by atoms with Crippen molar-refractivity contribution >= 4 is 10.0 Å². The van der Waals surface area contributed by atoms with E-state index in [4.69, 9.17) is 0 Å². The summed E-state index contributed by atoms with van der Waals surface area (Å²) in [6, 6.07) is 0. The van der Waals surface area contributed by atoms with E-state index in [1.807, 2.05) is 0 Å². The highest BCUT2D eigenvalue weighted by molar-refractivity contribution is 7.89. The van der Waals surface area contributed by atoms with E-state index in [2.05, 4.69) is 37.7 Å². The predicted octanol–water partition coefficient (Wildman–Crippen LogP) is 1.34. The van der Waals surface area contributed by atoms with Gasteiger partial charge in [0.25, 0.3) is 0 Å². The molecule has 16 heavy (non-hydrogen) atoms. The maximum absolute atomic E-state index is 11.6. The third kappa shape index (κ3) is 8.07. The van der Waals surface area contributed by atoms with Gasteiger partial charge in [-0.15, -0.1) is 0 Å². The first kappa shape index (κ1) is 15.9. The number of rotatable bonds is 9. The summed E-state index contributed by atoms with van der Waals surface area (Å²) in [4.78, 5) is 0. The highest BCUT2D eigenvalue weighted by atomic mass is 32.2. The quantitative estimate of drug-likeness (QED) is 0.607. The zero-order valence-corrected chi connectivity index (χ0v) is 11.8. The lowest BCUT2D eigenvalue weighted by Crippen LogP contribution is -2.37. The molecule has 0 saturated heterocycles. The van der Waals surface area contributed by atoms with Gasteiger partial charge in [-0.05, 0) is 24.8 Å². The first-order valence-corrected chi connectivity index (χ1v) is 7.66. The Morgan fingerprint density at radius 2 is 1.75 bits per heavy atom. The molecule has 0 aliphatic carbocycles. The van der Waals surface area contributed by atoms with Crippen molar-refractivity contribution in [1.29, 1.82) is 0 Å². The van der Waals surface area contributed by atoms with Crippen LogP contribution in [0.3, 0.4) is 0 Å². The van der Waals surface area contributed by atoms with Crippen molar-refractivity contribution in [2.24, 2.45) is 5.41 Å². The van der Waals surface area contributed by atoms with Crippen molar-refractivity contribution in [3.63, 3.8) is 0 Å². The summed E-state index contributed by atoms with van der Waals surface area (Å²) in [5.74, 6) is 0.160. The van der Waals surface area contributed by atoms with Crippen LogP contribution in [-0.2, 0) is 10.0 Å². The zero-order chi connectivity index (χ0) is 12.7. The largest absolute Gasteiger partial charge is 0.316 e. The molecule has 0 unspecified atom stereocenters. The van der Waals surface area contributed by atoms with Crippen LogP contribution in [0.1, 0.15) is 40.5 Å². The molecule has 0 aliphatic heterocycles. The molecule has 0 saturated carbocycles. The van der Waals surface area contributed by atoms with Crippen molar-refractivity contribution in [1.82, 2.24) is 10.0 Å². The Kier molecular flexibility index (Phi) is 7.19. The summed E-state index contributed by atoms with van der Waals surface area (Å²) >= 11 is 0. The summed E-state index contributed by atoms with van der Waals surface area (Å²) in [6.45, 7) is 10.2. The van der Waals surface area contributed by atoms with Crippen molar-refractivity contribution in [2.75, 3.05) is 25.4 Å². The second-order valence-electron chi connectivity index (χ2n) is 4.91. The van der Waals surface area contributed by atoms with E-state index in [1.165, 1.54) is 0 Å². The number of sulfonamides is 1. The van der Waals surface area contributed by atoms with Gasteiger partial charge in [0, 0.05) is 13.1 Å². The first-order chi connectivity index (χ1) is 7.33. The van der Waals surface area contributed by atoms with Crippen LogP contribution in [0.4, 0.5) is 0 Å². The van der Waals surface area contributed by atoms with Gasteiger partial charge in [-0.25, -0.2) is 13.1 Å². The molecule has 4 nitrogen and oxygen atoms in total. The summed E-state index contributed by atoms with van der Waals surface area (Å²) < 4.78 is 25.9. The van der Waals surface area contributed by atoms with Gasteiger partial charge in [0.2, 0.25) is 10.0 Å². The number of hydrogen-bond acceptors (Lipinski definition) is 3. The van der Waals surface area contributed by atoms with Crippen LogP contribution in [0.25, 0.3) is 0 Å². The third-order valence-corrected chi connectivity index (χ3v) is 4.03. The monoisotopic (exact) mass is 250 g/mol. The van der Waals surface area contributed by atoms with Crippen LogP contribution in [0.5, 0.6) is 0 Å². The molecule has 0 heterocycles. The fourth-order valence-corrected chi connectivity index (χ4v) is 2.18. The van der Waals surface area contributed by atoms with Gasteiger partial charge >= 0.3 is 0 Å². The molecule has 0 aromatic rings. The minimum Gasteiger partial charge on any atom is -0.316 e. The van der Waals surface area contributed by atoms with Crippen molar-refractivity contribution in [3.8, 4) is 0 Å². The van der Waals surface area contributed by atoms with Crippen molar-refractivity contribution < 1.29 is 8.42 Å². The van der Waals surface area contributed by atoms with E-state index in [-0.39, 0.29) is 11.2 Å². The van der Waals surface area contributed by atoms with Gasteiger partial charge in [-0.1, -0.05) is 27.7 Å². The summed E-state index contributed by atoms with van der Waals surface area (Å²) in [6.07, 6.45) is 1.99. The number of hydrogen-bond donors (Lipinski definition) is 2. The van der Waals surface area contributed by atoms with E-state index in [0.29, 0.717) is 13.1 Å². The van der Waals surface area contributed by atoms with Gasteiger partial charge in [0.1, 0.15) is 0 Å². The van der Waals surface area contributed by atoms with Crippen LogP contribution in [-0.4, -0.2) is 33.8 Å². The van der Waals surface area contributed by atoms with Crippen LogP contribution in [0.15, 0.2) is 0 Å². The summed E-state index contributed by atoms with van der Waals surface area (Å²) in [5.41, 5.74) is 0.0317. The molecular formula is C11H26N2O2S. The molecule has 0 radical (unpaired) electrons. The summed E-state index contributed by atoms with van der Waals surface area (Å²) in [5, 5.41) is 3.08. The highest BCUT2D eigenvalue weighted by Gasteiger charge is 2.18. The smallest absolute Gasteiger partial charge is 0.212 e. The van der Waals surface area contributed by atoms with E-state index in [9.17, 15) is 8.42 Å². The van der Waals surface area contributed by atoms with Gasteiger partial charge < -0.3 is 5.32 Å². The molecule has 0 fully saturated rings. The molecule has 0 aliphatic rings. The van der Waals surface area contributed by atoms with Gasteiger partial charge in [0.05, 0.1) is 5.75 Å². The molecular weight excluding hydrogens is 224 g/mol. The molecule has 2 N–H and O–H groups in total. The Morgan fingerprint density at radius 1 is 1.12 bits per heavy atom. The average molecular weight is 250 g/mol. The van der Waals surface area contributed by atoms with E-state index in [0.717, 1.165) is 19.4 Å². The molecule has 0 amide bonds. The second kappa shape index (κ2) is 7.25. The Morgan fingerprint density at radius 3 is 2.25 bits per heavy atom. The van der Waals surface area contributed by atoms with Gasteiger partial charge in [-0.3, -0.25) is 0 Å². The molecule has 0 bridgehead atoms. The van der Waals surface area contributed by atoms with Crippen LogP contribution < -0.4 is 10.0 Å². The fourth-order valence-electron chi connectivity index (χ4n) is 1.01. The molecule has 0 rings (SSSR count). The fraction of sp³-hybridized carbons (Fsp3) is 1.00. The van der Waals surface area contributed by atoms with Crippen LogP contribution in [0.2, 0.25) is 0 Å². The molecule has 0 aromatic carbocycles.